The first-order chi connectivity index (χ1) is 12.8. The lowest BCUT2D eigenvalue weighted by Gasteiger charge is -2.26. The Morgan fingerprint density at radius 2 is 2.00 bits per heavy atom. The Balaban J connectivity index is 2.10. The Kier molecular flexibility index (Phi) is 6.58. The number of amides is 2. The number of aromatic nitrogens is 3. The fourth-order valence-corrected chi connectivity index (χ4v) is 2.53. The van der Waals surface area contributed by atoms with Crippen LogP contribution in [0.1, 0.15) is 20.3 Å². The van der Waals surface area contributed by atoms with Crippen molar-refractivity contribution in [2.45, 2.75) is 32.9 Å². The van der Waals surface area contributed by atoms with Crippen LogP contribution in [-0.4, -0.2) is 61.9 Å². The van der Waals surface area contributed by atoms with Gasteiger partial charge in [-0.15, -0.1) is 5.10 Å². The molecule has 0 aliphatic carbocycles. The monoisotopic (exact) mass is 375 g/mol. The summed E-state index contributed by atoms with van der Waals surface area (Å²) >= 11 is 0. The third kappa shape index (κ3) is 5.09. The van der Waals surface area contributed by atoms with Gasteiger partial charge in [0.25, 0.3) is 5.56 Å². The third-order valence-electron chi connectivity index (χ3n) is 4.04. The van der Waals surface area contributed by atoms with Crippen LogP contribution in [0.4, 0.5) is 0 Å². The summed E-state index contributed by atoms with van der Waals surface area (Å²) < 4.78 is 1.08. The topological polar surface area (TPSA) is 134 Å². The fourth-order valence-electron chi connectivity index (χ4n) is 2.53. The number of carbonyl (C=O) groups is 3. The maximum atomic E-state index is 12.5. The molecule has 1 aromatic carbocycles. The zero-order valence-corrected chi connectivity index (χ0v) is 15.1. The van der Waals surface area contributed by atoms with Gasteiger partial charge in [-0.1, -0.05) is 17.3 Å². The lowest BCUT2D eigenvalue weighted by molar-refractivity contribution is -0.149. The minimum absolute atomic E-state index is 0.0293. The highest BCUT2D eigenvalue weighted by atomic mass is 16.4. The Labute approximate surface area is 154 Å². The summed E-state index contributed by atoms with van der Waals surface area (Å²) in [4.78, 5) is 48.3. The Morgan fingerprint density at radius 3 is 2.67 bits per heavy atom. The quantitative estimate of drug-likeness (QED) is 0.642. The molecule has 144 valence electrons. The molecule has 27 heavy (non-hydrogen) atoms. The third-order valence-corrected chi connectivity index (χ3v) is 4.04. The van der Waals surface area contributed by atoms with E-state index in [-0.39, 0.29) is 37.5 Å². The molecule has 0 aliphatic rings. The maximum absolute atomic E-state index is 12.5. The number of hydrogen-bond donors (Lipinski definition) is 2. The van der Waals surface area contributed by atoms with Gasteiger partial charge in [0.2, 0.25) is 11.8 Å². The summed E-state index contributed by atoms with van der Waals surface area (Å²) in [7, 11) is 0. The van der Waals surface area contributed by atoms with Crippen molar-refractivity contribution in [3.63, 3.8) is 0 Å². The molecule has 2 rings (SSSR count). The van der Waals surface area contributed by atoms with Crippen molar-refractivity contribution in [1.82, 2.24) is 25.2 Å². The molecule has 2 N–H and O–H groups in total. The molecule has 0 saturated carbocycles. The van der Waals surface area contributed by atoms with Crippen molar-refractivity contribution < 1.29 is 19.5 Å². The smallest absolute Gasteiger partial charge is 0.326 e. The number of carbonyl (C=O) groups excluding carboxylic acids is 2. The largest absolute Gasteiger partial charge is 0.480 e. The number of rotatable bonds is 8. The van der Waals surface area contributed by atoms with Crippen LogP contribution in [0.15, 0.2) is 29.1 Å². The first-order valence-electron chi connectivity index (χ1n) is 8.40. The molecule has 1 atom stereocenters. The number of aliphatic carboxylic acids is 1. The highest BCUT2D eigenvalue weighted by molar-refractivity contribution is 5.83. The predicted octanol–water partition coefficient (Wildman–Crippen LogP) is -0.381. The maximum Gasteiger partial charge on any atom is 0.326 e. The van der Waals surface area contributed by atoms with Crippen LogP contribution in [0.2, 0.25) is 0 Å². The summed E-state index contributed by atoms with van der Waals surface area (Å²) in [6.07, 6.45) is -0.120. The van der Waals surface area contributed by atoms with Gasteiger partial charge >= 0.3 is 5.97 Å². The highest BCUT2D eigenvalue weighted by Gasteiger charge is 2.25. The lowest BCUT2D eigenvalue weighted by atomic mass is 10.2. The minimum Gasteiger partial charge on any atom is -0.480 e. The van der Waals surface area contributed by atoms with Gasteiger partial charge < -0.3 is 15.3 Å². The van der Waals surface area contributed by atoms with E-state index in [1.165, 1.54) is 13.8 Å². The molecule has 1 heterocycles. The Bertz CT molecular complexity index is 910. The van der Waals surface area contributed by atoms with Gasteiger partial charge in [-0.25, -0.2) is 9.48 Å². The van der Waals surface area contributed by atoms with Crippen LogP contribution in [-0.2, 0) is 20.9 Å². The fraction of sp³-hybridized carbons (Fsp3) is 0.412. The highest BCUT2D eigenvalue weighted by Crippen LogP contribution is 2.06. The van der Waals surface area contributed by atoms with Gasteiger partial charge in [-0.05, 0) is 19.1 Å². The molecule has 1 unspecified atom stereocenters. The van der Waals surface area contributed by atoms with Crippen molar-refractivity contribution in [3.05, 3.63) is 34.6 Å². The van der Waals surface area contributed by atoms with Crippen LogP contribution in [0.5, 0.6) is 0 Å². The predicted molar refractivity (Wildman–Crippen MR) is 95.9 cm³/mol. The van der Waals surface area contributed by atoms with Crippen LogP contribution in [0.3, 0.4) is 0 Å². The molecule has 1 aromatic heterocycles. The van der Waals surface area contributed by atoms with E-state index < -0.39 is 17.9 Å². The van der Waals surface area contributed by atoms with Crippen molar-refractivity contribution in [2.75, 3.05) is 13.1 Å². The second kappa shape index (κ2) is 8.88. The summed E-state index contributed by atoms with van der Waals surface area (Å²) in [5, 5.41) is 19.9. The molecule has 10 heteroatoms. The van der Waals surface area contributed by atoms with E-state index in [0.717, 1.165) is 9.58 Å². The molecule has 0 aliphatic heterocycles. The Morgan fingerprint density at radius 1 is 1.30 bits per heavy atom. The zero-order chi connectivity index (χ0) is 20.0. The van der Waals surface area contributed by atoms with E-state index in [1.807, 2.05) is 0 Å². The van der Waals surface area contributed by atoms with E-state index in [2.05, 4.69) is 15.6 Å². The van der Waals surface area contributed by atoms with Gasteiger partial charge in [0.1, 0.15) is 11.6 Å². The Hall–Kier alpha value is -3.30. The van der Waals surface area contributed by atoms with E-state index in [4.69, 9.17) is 0 Å². The SMILES string of the molecule is CC(=O)NCCN(C(=O)CCn1nnc2ccccc2c1=O)C(C)C(=O)O. The molecule has 0 spiro atoms. The van der Waals surface area contributed by atoms with Gasteiger partial charge in [0.15, 0.2) is 0 Å². The number of aryl methyl sites for hydroxylation is 1. The lowest BCUT2D eigenvalue weighted by Crippen LogP contribution is -2.47. The summed E-state index contributed by atoms with van der Waals surface area (Å²) in [5.41, 5.74) is 0.0889. The van der Waals surface area contributed by atoms with E-state index >= 15 is 0 Å². The molecule has 0 saturated heterocycles. The molecular formula is C17H21N5O5. The van der Waals surface area contributed by atoms with E-state index in [0.29, 0.717) is 10.9 Å². The molecule has 0 radical (unpaired) electrons. The standard InChI is InChI=1S/C17H21N5O5/c1-11(17(26)27)21(10-8-18-12(2)23)15(24)7-9-22-16(25)13-5-3-4-6-14(13)19-20-22/h3-6,11H,7-10H2,1-2H3,(H,18,23)(H,26,27). The van der Waals surface area contributed by atoms with Gasteiger partial charge in [0, 0.05) is 26.4 Å². The van der Waals surface area contributed by atoms with Crippen LogP contribution in [0, 0.1) is 0 Å². The van der Waals surface area contributed by atoms with Crippen molar-refractivity contribution >= 4 is 28.7 Å². The van der Waals surface area contributed by atoms with E-state index in [1.54, 1.807) is 24.3 Å². The average molecular weight is 375 g/mol. The van der Waals surface area contributed by atoms with Crippen LogP contribution in [0.25, 0.3) is 10.9 Å². The number of carboxylic acid groups (broad SMARTS) is 1. The zero-order valence-electron chi connectivity index (χ0n) is 15.1. The number of hydrogen-bond acceptors (Lipinski definition) is 6. The second-order valence-electron chi connectivity index (χ2n) is 5.97. The van der Waals surface area contributed by atoms with Crippen LogP contribution < -0.4 is 10.9 Å². The molecule has 10 nitrogen and oxygen atoms in total. The summed E-state index contributed by atoms with van der Waals surface area (Å²) in [6, 6.07) is 5.67. The normalized spacial score (nSPS) is 11.8. The second-order valence-corrected chi connectivity index (χ2v) is 5.97. The van der Waals surface area contributed by atoms with Crippen molar-refractivity contribution in [1.29, 1.82) is 0 Å². The first kappa shape index (κ1) is 20.0. The molecule has 2 amide bonds. The van der Waals surface area contributed by atoms with Gasteiger partial charge in [-0.3, -0.25) is 14.4 Å². The van der Waals surface area contributed by atoms with Crippen molar-refractivity contribution in [3.8, 4) is 0 Å². The number of benzene rings is 1. The molecular weight excluding hydrogens is 354 g/mol. The average Bonchev–Trinajstić information content (AvgIpc) is 2.64. The van der Waals surface area contributed by atoms with E-state index in [9.17, 15) is 24.3 Å². The summed E-state index contributed by atoms with van der Waals surface area (Å²) in [6.45, 7) is 2.87. The van der Waals surface area contributed by atoms with Crippen molar-refractivity contribution in [2.24, 2.45) is 0 Å². The number of carboxylic acids is 1. The molecule has 0 fully saturated rings. The first-order valence-corrected chi connectivity index (χ1v) is 8.40. The number of fused-ring (bicyclic) bond motifs is 1. The van der Waals surface area contributed by atoms with Gasteiger partial charge in [0.05, 0.1) is 11.9 Å². The van der Waals surface area contributed by atoms with Crippen LogP contribution >= 0.6 is 0 Å². The number of nitrogens with one attached hydrogen (secondary N) is 1. The molecule has 2 aromatic rings. The molecule has 0 bridgehead atoms. The summed E-state index contributed by atoms with van der Waals surface area (Å²) in [5.74, 6) is -1.89. The van der Waals surface area contributed by atoms with Gasteiger partial charge in [-0.2, -0.15) is 0 Å². The minimum atomic E-state index is -1.16. The number of nitrogens with zero attached hydrogens (tertiary/aromatic N) is 4.